The van der Waals surface area contributed by atoms with Crippen molar-refractivity contribution in [3.8, 4) is 34.0 Å². The van der Waals surface area contributed by atoms with Crippen molar-refractivity contribution in [2.45, 2.75) is 6.18 Å². The zero-order valence-corrected chi connectivity index (χ0v) is 24.0. The van der Waals surface area contributed by atoms with Gasteiger partial charge in [0.2, 0.25) is 0 Å². The summed E-state index contributed by atoms with van der Waals surface area (Å²) in [5.74, 6) is 0.0468. The zero-order valence-electron chi connectivity index (χ0n) is 21.6. The molecule has 0 radical (unpaired) electrons. The number of ether oxygens (including phenoxy) is 1. The fraction of sp³-hybridized carbons (Fsp3) is 0.207. The number of hydrogen-bond acceptors (Lipinski definition) is 3. The number of amides is 1. The Balaban J connectivity index is 0.00000420. The lowest BCUT2D eigenvalue weighted by molar-refractivity contribution is -0.137. The van der Waals surface area contributed by atoms with Gasteiger partial charge in [-0.2, -0.15) is 13.2 Å². The number of rotatable bonds is 8. The summed E-state index contributed by atoms with van der Waals surface area (Å²) >= 11 is 3.41. The number of carbonyl (C=O) groups excluding carboxylic acids is 1. The van der Waals surface area contributed by atoms with Gasteiger partial charge in [-0.3, -0.25) is 4.79 Å². The lowest BCUT2D eigenvalue weighted by Gasteiger charge is -2.20. The first-order chi connectivity index (χ1) is 18.1. The lowest BCUT2D eigenvalue weighted by Crippen LogP contribution is -2.31. The average molecular weight is 623 g/mol. The highest BCUT2D eigenvalue weighted by Gasteiger charge is 2.34. The fourth-order valence-electron chi connectivity index (χ4n) is 4.21. The molecule has 0 atom stereocenters. The van der Waals surface area contributed by atoms with E-state index in [1.54, 1.807) is 41.0 Å². The van der Waals surface area contributed by atoms with E-state index in [2.05, 4.69) is 21.2 Å². The molecule has 1 amide bonds. The van der Waals surface area contributed by atoms with Crippen molar-refractivity contribution in [3.05, 3.63) is 94.5 Å². The molecule has 0 bridgehead atoms. The van der Waals surface area contributed by atoms with Gasteiger partial charge in [-0.05, 0) is 79.8 Å². The van der Waals surface area contributed by atoms with Crippen LogP contribution in [0.3, 0.4) is 0 Å². The summed E-state index contributed by atoms with van der Waals surface area (Å²) in [6, 6.07) is 21.4. The molecule has 10 heteroatoms. The van der Waals surface area contributed by atoms with E-state index in [0.29, 0.717) is 41.4 Å². The number of halogens is 5. The number of hydrogen-bond donors (Lipinski definition) is 1. The molecule has 1 N–H and O–H groups in total. The van der Waals surface area contributed by atoms with E-state index in [9.17, 15) is 18.0 Å². The van der Waals surface area contributed by atoms with Gasteiger partial charge < -0.3 is 19.5 Å². The van der Waals surface area contributed by atoms with Crippen LogP contribution in [0.5, 0.6) is 5.75 Å². The molecule has 4 rings (SSSR count). The van der Waals surface area contributed by atoms with Gasteiger partial charge in [-0.1, -0.05) is 40.2 Å². The van der Waals surface area contributed by atoms with Gasteiger partial charge in [0.05, 0.1) is 35.3 Å². The summed E-state index contributed by atoms with van der Waals surface area (Å²) in [4.78, 5) is 15.0. The van der Waals surface area contributed by atoms with Crippen molar-refractivity contribution in [2.24, 2.45) is 0 Å². The molecular weight excluding hydrogens is 595 g/mol. The van der Waals surface area contributed by atoms with Crippen LogP contribution in [0.25, 0.3) is 28.2 Å². The van der Waals surface area contributed by atoms with E-state index in [0.717, 1.165) is 16.1 Å². The maximum atomic E-state index is 14.1. The maximum Gasteiger partial charge on any atom is 0.418 e. The average Bonchev–Trinajstić information content (AvgIpc) is 3.33. The number of para-hydroxylation sites is 1. The number of carbonyl (C=O) groups is 1. The van der Waals surface area contributed by atoms with Crippen LogP contribution in [0.15, 0.2) is 83.3 Å². The van der Waals surface area contributed by atoms with E-state index >= 15 is 0 Å². The molecule has 0 fully saturated rings. The van der Waals surface area contributed by atoms with Crippen LogP contribution in [-0.2, 0) is 6.18 Å². The van der Waals surface area contributed by atoms with Crippen LogP contribution in [0.2, 0.25) is 0 Å². The standard InChI is InChI=1S/C29H27BrF3N3O2.ClH/c1-35(2)17-16-34-28(37)22-18-20(10-15-27(22)38-3)25-14-13-24(19-8-11-21(30)12-9-19)36(25)26-7-5-4-6-23(26)29(31,32)33;/h4-15,18H,16-17H2,1-3H3,(H,34,37);1H. The van der Waals surface area contributed by atoms with Gasteiger partial charge in [-0.25, -0.2) is 0 Å². The number of nitrogens with zero attached hydrogens (tertiary/aromatic N) is 2. The summed E-state index contributed by atoms with van der Waals surface area (Å²) < 4.78 is 50.2. The highest BCUT2D eigenvalue weighted by atomic mass is 79.9. The molecule has 0 aliphatic carbocycles. The summed E-state index contributed by atoms with van der Waals surface area (Å²) in [5, 5.41) is 2.87. The first-order valence-electron chi connectivity index (χ1n) is 11.9. The third-order valence-electron chi connectivity index (χ3n) is 6.06. The second kappa shape index (κ2) is 12.7. The molecule has 0 unspecified atom stereocenters. The number of benzene rings is 3. The lowest BCUT2D eigenvalue weighted by atomic mass is 10.1. The minimum absolute atomic E-state index is 0. The largest absolute Gasteiger partial charge is 0.496 e. The van der Waals surface area contributed by atoms with Crippen LogP contribution in [0.1, 0.15) is 15.9 Å². The summed E-state index contributed by atoms with van der Waals surface area (Å²) in [6.07, 6.45) is -4.56. The van der Waals surface area contributed by atoms with Gasteiger partial charge in [0.15, 0.2) is 0 Å². The Morgan fingerprint density at radius 3 is 2.18 bits per heavy atom. The third-order valence-corrected chi connectivity index (χ3v) is 6.58. The molecule has 39 heavy (non-hydrogen) atoms. The zero-order chi connectivity index (χ0) is 27.4. The van der Waals surface area contributed by atoms with E-state index in [1.807, 2.05) is 43.3 Å². The molecule has 0 aliphatic heterocycles. The molecule has 0 saturated heterocycles. The van der Waals surface area contributed by atoms with E-state index < -0.39 is 11.7 Å². The van der Waals surface area contributed by atoms with E-state index in [-0.39, 0.29) is 24.0 Å². The summed E-state index contributed by atoms with van der Waals surface area (Å²) in [6.45, 7) is 1.09. The van der Waals surface area contributed by atoms with Crippen LogP contribution in [-0.4, -0.2) is 49.7 Å². The molecule has 206 valence electrons. The summed E-state index contributed by atoms with van der Waals surface area (Å²) in [5.41, 5.74) is 1.93. The topological polar surface area (TPSA) is 46.5 Å². The van der Waals surface area contributed by atoms with Crippen molar-refractivity contribution < 1.29 is 22.7 Å². The van der Waals surface area contributed by atoms with Crippen molar-refractivity contribution in [1.29, 1.82) is 0 Å². The van der Waals surface area contributed by atoms with Gasteiger partial charge in [0, 0.05) is 17.6 Å². The minimum Gasteiger partial charge on any atom is -0.496 e. The normalized spacial score (nSPS) is 11.3. The van der Waals surface area contributed by atoms with Gasteiger partial charge in [0.1, 0.15) is 5.75 Å². The van der Waals surface area contributed by atoms with Crippen molar-refractivity contribution in [2.75, 3.05) is 34.3 Å². The Kier molecular flexibility index (Phi) is 9.88. The molecule has 1 aromatic heterocycles. The Labute approximate surface area is 240 Å². The highest BCUT2D eigenvalue weighted by Crippen LogP contribution is 2.40. The predicted molar refractivity (Wildman–Crippen MR) is 154 cm³/mol. The smallest absolute Gasteiger partial charge is 0.418 e. The Morgan fingerprint density at radius 2 is 1.56 bits per heavy atom. The molecule has 5 nitrogen and oxygen atoms in total. The Bertz CT molecular complexity index is 1440. The molecule has 3 aromatic carbocycles. The number of likely N-dealkylation sites (N-methyl/N-ethyl adjacent to an activating group) is 1. The van der Waals surface area contributed by atoms with Gasteiger partial charge in [0.25, 0.3) is 5.91 Å². The van der Waals surface area contributed by atoms with Gasteiger partial charge in [-0.15, -0.1) is 12.4 Å². The minimum atomic E-state index is -4.56. The first kappa shape index (κ1) is 30.3. The second-order valence-corrected chi connectivity index (χ2v) is 9.85. The van der Waals surface area contributed by atoms with Crippen LogP contribution < -0.4 is 10.1 Å². The van der Waals surface area contributed by atoms with Crippen molar-refractivity contribution in [1.82, 2.24) is 14.8 Å². The van der Waals surface area contributed by atoms with Crippen LogP contribution in [0.4, 0.5) is 13.2 Å². The Morgan fingerprint density at radius 1 is 0.949 bits per heavy atom. The SMILES string of the molecule is COc1ccc(-c2ccc(-c3ccc(Br)cc3)n2-c2ccccc2C(F)(F)F)cc1C(=O)NCCN(C)C.Cl. The third kappa shape index (κ3) is 6.84. The van der Waals surface area contributed by atoms with E-state index in [1.165, 1.54) is 19.2 Å². The monoisotopic (exact) mass is 621 g/mol. The highest BCUT2D eigenvalue weighted by molar-refractivity contribution is 9.10. The fourth-order valence-corrected chi connectivity index (χ4v) is 4.47. The quantitative estimate of drug-likeness (QED) is 0.224. The second-order valence-electron chi connectivity index (χ2n) is 8.94. The molecule has 0 saturated carbocycles. The maximum absolute atomic E-state index is 14.1. The summed E-state index contributed by atoms with van der Waals surface area (Å²) in [7, 11) is 5.28. The van der Waals surface area contributed by atoms with Crippen LogP contribution in [0, 0.1) is 0 Å². The number of nitrogens with one attached hydrogen (secondary N) is 1. The molecule has 4 aromatic rings. The number of alkyl halides is 3. The van der Waals surface area contributed by atoms with Crippen molar-refractivity contribution >= 4 is 34.2 Å². The first-order valence-corrected chi connectivity index (χ1v) is 12.6. The molecule has 0 spiro atoms. The van der Waals surface area contributed by atoms with Gasteiger partial charge >= 0.3 is 6.18 Å². The number of methoxy groups -OCH3 is 1. The molecule has 1 heterocycles. The van der Waals surface area contributed by atoms with E-state index in [4.69, 9.17) is 4.74 Å². The predicted octanol–water partition coefficient (Wildman–Crippen LogP) is 7.31. The number of aromatic nitrogens is 1. The Hall–Kier alpha value is -3.27. The van der Waals surface area contributed by atoms with Crippen LogP contribution >= 0.6 is 28.3 Å². The molecule has 0 aliphatic rings. The van der Waals surface area contributed by atoms with Crippen molar-refractivity contribution in [3.63, 3.8) is 0 Å². The molecular formula is C29H28BrClF3N3O2.